The molecular formula is C16H21ClN2O4. The van der Waals surface area contributed by atoms with Gasteiger partial charge < -0.3 is 14.8 Å². The molecule has 6 nitrogen and oxygen atoms in total. The summed E-state index contributed by atoms with van der Waals surface area (Å²) in [7, 11) is 0. The minimum absolute atomic E-state index is 0.0532. The minimum Gasteiger partial charge on any atom is -0.462 e. The van der Waals surface area contributed by atoms with E-state index in [1.807, 2.05) is 13.8 Å². The summed E-state index contributed by atoms with van der Waals surface area (Å²) < 4.78 is 10.6. The van der Waals surface area contributed by atoms with Gasteiger partial charge in [0.25, 0.3) is 0 Å². The number of alkyl halides is 1. The second-order valence-electron chi connectivity index (χ2n) is 5.61. The van der Waals surface area contributed by atoms with Crippen molar-refractivity contribution in [3.63, 3.8) is 0 Å². The van der Waals surface area contributed by atoms with Gasteiger partial charge in [0.05, 0.1) is 24.4 Å². The molecule has 1 aromatic rings. The van der Waals surface area contributed by atoms with Crippen molar-refractivity contribution in [1.82, 2.24) is 4.98 Å². The number of anilines is 1. The summed E-state index contributed by atoms with van der Waals surface area (Å²) in [4.78, 5) is 28.1. The fourth-order valence-electron chi connectivity index (χ4n) is 2.52. The van der Waals surface area contributed by atoms with Crippen LogP contribution in [0.15, 0.2) is 18.5 Å². The van der Waals surface area contributed by atoms with Crippen LogP contribution in [0.5, 0.6) is 0 Å². The van der Waals surface area contributed by atoms with Crippen LogP contribution in [-0.2, 0) is 14.3 Å². The minimum atomic E-state index is -0.707. The number of ether oxygens (including phenoxy) is 2. The number of Topliss-reactive ketones (excluding diaryl/α,β-unsaturated/α-hetero) is 1. The number of nitrogens with zero attached hydrogens (tertiary/aromatic N) is 1. The third-order valence-corrected chi connectivity index (χ3v) is 4.02. The lowest BCUT2D eigenvalue weighted by atomic mass is 10.2. The van der Waals surface area contributed by atoms with E-state index in [1.165, 1.54) is 6.20 Å². The zero-order chi connectivity index (χ0) is 17.0. The highest BCUT2D eigenvalue weighted by Crippen LogP contribution is 2.29. The lowest BCUT2D eigenvalue weighted by Crippen LogP contribution is -2.29. The quantitative estimate of drug-likeness (QED) is 0.633. The van der Waals surface area contributed by atoms with Crippen LogP contribution in [0.25, 0.3) is 0 Å². The van der Waals surface area contributed by atoms with Gasteiger partial charge in [0.2, 0.25) is 0 Å². The number of hydrogen-bond acceptors (Lipinski definition) is 6. The topological polar surface area (TPSA) is 77.5 Å². The van der Waals surface area contributed by atoms with Gasteiger partial charge in [0, 0.05) is 18.8 Å². The molecule has 0 bridgehead atoms. The highest BCUT2D eigenvalue weighted by molar-refractivity contribution is 6.33. The highest BCUT2D eigenvalue weighted by atomic mass is 35.5. The van der Waals surface area contributed by atoms with Crippen LogP contribution in [0.3, 0.4) is 0 Å². The summed E-state index contributed by atoms with van der Waals surface area (Å²) in [6.07, 6.45) is 2.87. The van der Waals surface area contributed by atoms with Gasteiger partial charge in [-0.1, -0.05) is 0 Å². The largest absolute Gasteiger partial charge is 0.462 e. The number of carbonyl (C=O) groups excluding carboxylic acids is 2. The van der Waals surface area contributed by atoms with Crippen LogP contribution in [-0.4, -0.2) is 47.0 Å². The van der Waals surface area contributed by atoms with E-state index in [4.69, 9.17) is 21.1 Å². The molecule has 1 fully saturated rings. The van der Waals surface area contributed by atoms with Crippen molar-refractivity contribution in [3.05, 3.63) is 24.0 Å². The Labute approximate surface area is 140 Å². The van der Waals surface area contributed by atoms with E-state index < -0.39 is 17.5 Å². The number of nitrogens with one attached hydrogen (secondary N) is 1. The number of pyridine rings is 1. The molecule has 1 aliphatic carbocycles. The standard InChI is InChI=1S/C16H21ClN2O4/c1-4-22-16(21)10-8-18-6-5-11(10)19-12-7-13(23-9(2)3)15(20)14(12)17/h5-6,8-9,12-14H,4,7H2,1-3H3,(H,18,19). The Morgan fingerprint density at radius 1 is 1.52 bits per heavy atom. The predicted octanol–water partition coefficient (Wildman–Crippen LogP) is 2.41. The van der Waals surface area contributed by atoms with Crippen LogP contribution in [0.4, 0.5) is 5.69 Å². The summed E-state index contributed by atoms with van der Waals surface area (Å²) in [5.74, 6) is -0.599. The number of rotatable bonds is 6. The third-order valence-electron chi connectivity index (χ3n) is 3.50. The molecule has 1 saturated carbocycles. The molecule has 0 aromatic carbocycles. The van der Waals surface area contributed by atoms with Crippen LogP contribution in [0.1, 0.15) is 37.6 Å². The Hall–Kier alpha value is -1.66. The fourth-order valence-corrected chi connectivity index (χ4v) is 2.82. The Balaban J connectivity index is 2.13. The first-order valence-corrected chi connectivity index (χ1v) is 8.08. The molecule has 7 heteroatoms. The number of aromatic nitrogens is 1. The van der Waals surface area contributed by atoms with Crippen molar-refractivity contribution in [1.29, 1.82) is 0 Å². The van der Waals surface area contributed by atoms with Crippen molar-refractivity contribution < 1.29 is 19.1 Å². The molecule has 0 spiro atoms. The lowest BCUT2D eigenvalue weighted by molar-refractivity contribution is -0.129. The van der Waals surface area contributed by atoms with Crippen molar-refractivity contribution in [2.75, 3.05) is 11.9 Å². The van der Waals surface area contributed by atoms with E-state index >= 15 is 0 Å². The molecule has 0 aliphatic heterocycles. The van der Waals surface area contributed by atoms with E-state index in [2.05, 4.69) is 10.3 Å². The number of ketones is 1. The first-order chi connectivity index (χ1) is 10.9. The molecule has 0 saturated heterocycles. The Morgan fingerprint density at radius 2 is 2.26 bits per heavy atom. The van der Waals surface area contributed by atoms with Crippen LogP contribution >= 0.6 is 11.6 Å². The Bertz CT molecular complexity index is 579. The number of hydrogen-bond donors (Lipinski definition) is 1. The molecule has 3 atom stereocenters. The number of esters is 1. The Kier molecular flexibility index (Phi) is 5.96. The first-order valence-electron chi connectivity index (χ1n) is 7.65. The molecular weight excluding hydrogens is 320 g/mol. The van der Waals surface area contributed by atoms with Gasteiger partial charge in [-0.05, 0) is 26.8 Å². The third kappa shape index (κ3) is 4.20. The molecule has 1 N–H and O–H groups in total. The summed E-state index contributed by atoms with van der Waals surface area (Å²) in [6, 6.07) is 1.35. The van der Waals surface area contributed by atoms with Crippen molar-refractivity contribution in [2.45, 2.75) is 50.8 Å². The molecule has 126 valence electrons. The summed E-state index contributed by atoms with van der Waals surface area (Å²) in [6.45, 7) is 5.76. The van der Waals surface area contributed by atoms with E-state index in [0.717, 1.165) is 0 Å². The van der Waals surface area contributed by atoms with Gasteiger partial charge in [0.1, 0.15) is 17.0 Å². The lowest BCUT2D eigenvalue weighted by Gasteiger charge is -2.18. The number of carbonyl (C=O) groups is 2. The van der Waals surface area contributed by atoms with Gasteiger partial charge in [-0.3, -0.25) is 9.78 Å². The smallest absolute Gasteiger partial charge is 0.341 e. The maximum absolute atomic E-state index is 12.2. The van der Waals surface area contributed by atoms with Crippen LogP contribution in [0.2, 0.25) is 0 Å². The maximum atomic E-state index is 12.2. The van der Waals surface area contributed by atoms with E-state index in [9.17, 15) is 9.59 Å². The average Bonchev–Trinajstić information content (AvgIpc) is 2.76. The molecule has 1 aliphatic rings. The molecule has 23 heavy (non-hydrogen) atoms. The van der Waals surface area contributed by atoms with Gasteiger partial charge >= 0.3 is 5.97 Å². The summed E-state index contributed by atoms with van der Waals surface area (Å²) in [5.41, 5.74) is 0.867. The van der Waals surface area contributed by atoms with Crippen molar-refractivity contribution >= 4 is 29.0 Å². The van der Waals surface area contributed by atoms with Gasteiger partial charge in [0.15, 0.2) is 5.78 Å². The molecule has 3 unspecified atom stereocenters. The Morgan fingerprint density at radius 3 is 2.91 bits per heavy atom. The van der Waals surface area contributed by atoms with Gasteiger partial charge in [-0.2, -0.15) is 0 Å². The van der Waals surface area contributed by atoms with E-state index in [-0.39, 0.29) is 24.5 Å². The SMILES string of the molecule is CCOC(=O)c1cnccc1NC1CC(OC(C)C)C(=O)C1Cl. The summed E-state index contributed by atoms with van der Waals surface area (Å²) in [5, 5.41) is 2.45. The average molecular weight is 341 g/mol. The second kappa shape index (κ2) is 7.75. The number of halogens is 1. The van der Waals surface area contributed by atoms with Crippen LogP contribution < -0.4 is 5.32 Å². The van der Waals surface area contributed by atoms with E-state index in [0.29, 0.717) is 17.7 Å². The predicted molar refractivity (Wildman–Crippen MR) is 86.9 cm³/mol. The second-order valence-corrected chi connectivity index (χ2v) is 6.08. The molecule has 1 aromatic heterocycles. The van der Waals surface area contributed by atoms with Crippen LogP contribution in [0, 0.1) is 0 Å². The van der Waals surface area contributed by atoms with Gasteiger partial charge in [-0.15, -0.1) is 11.6 Å². The highest BCUT2D eigenvalue weighted by Gasteiger charge is 2.42. The normalized spacial score (nSPS) is 24.0. The summed E-state index contributed by atoms with van der Waals surface area (Å²) >= 11 is 6.23. The van der Waals surface area contributed by atoms with Crippen molar-refractivity contribution in [2.24, 2.45) is 0 Å². The fraction of sp³-hybridized carbons (Fsp3) is 0.562. The van der Waals surface area contributed by atoms with E-state index in [1.54, 1.807) is 19.2 Å². The zero-order valence-electron chi connectivity index (χ0n) is 13.4. The van der Waals surface area contributed by atoms with Crippen molar-refractivity contribution in [3.8, 4) is 0 Å². The maximum Gasteiger partial charge on any atom is 0.341 e. The molecule has 0 amide bonds. The first kappa shape index (κ1) is 17.7. The van der Waals surface area contributed by atoms with Gasteiger partial charge in [-0.25, -0.2) is 4.79 Å². The monoisotopic (exact) mass is 340 g/mol. The molecule has 0 radical (unpaired) electrons. The zero-order valence-corrected chi connectivity index (χ0v) is 14.2. The molecule has 2 rings (SSSR count). The molecule has 1 heterocycles.